The molecule has 5 aromatic rings. The van der Waals surface area contributed by atoms with Gasteiger partial charge in [-0.05, 0) is 71.9 Å². The van der Waals surface area contributed by atoms with Crippen molar-refractivity contribution >= 4 is 40.0 Å². The highest BCUT2D eigenvalue weighted by Crippen LogP contribution is 2.38. The normalized spacial score (nSPS) is 16.4. The average molecular weight is 678 g/mol. The van der Waals surface area contributed by atoms with Crippen LogP contribution in [0.4, 0.5) is 0 Å². The first-order valence-corrected chi connectivity index (χ1v) is 16.9. The average Bonchev–Trinajstić information content (AvgIpc) is 3.10. The third-order valence-electron chi connectivity index (χ3n) is 7.93. The summed E-state index contributed by atoms with van der Waals surface area (Å²) in [5.41, 5.74) is 8.57. The summed E-state index contributed by atoms with van der Waals surface area (Å²) in [7, 11) is -4.94. The molecule has 48 heavy (non-hydrogen) atoms. The maximum absolute atomic E-state index is 8.49. The molecule has 0 bridgehead atoms. The maximum Gasteiger partial charge on any atom is 0.361 e. The Bertz CT molecular complexity index is 2070. The Morgan fingerprint density at radius 2 is 1.38 bits per heavy atom. The van der Waals surface area contributed by atoms with Crippen LogP contribution in [0.5, 0.6) is 5.75 Å². The summed E-state index contributed by atoms with van der Waals surface area (Å²) >= 11 is 7.04. The molecule has 0 amide bonds. The van der Waals surface area contributed by atoms with E-state index in [1.165, 1.54) is 0 Å². The standard InChI is InChI=1S/C40H30ClO2.ClHO4/c41-40-31(22-21-28-15-10-20-38-35(28)25-26-36(42-38)29-11-3-1-4-12-29)16-9-17-32(40)23-24-33-27-39(30-13-5-2-6-14-30)43-37-19-8-7-18-34(33)37;2-1(3,4)5/h1-8,10-15,18-27H,9,16-17H2;(H,2,3,4,5)/q+1;/p-1. The molecule has 0 saturated carbocycles. The zero-order valence-electron chi connectivity index (χ0n) is 25.7. The molecule has 0 fully saturated rings. The topological polar surface area (TPSA) is 113 Å². The van der Waals surface area contributed by atoms with Gasteiger partial charge in [0.25, 0.3) is 0 Å². The smallest absolute Gasteiger partial charge is 0.361 e. The van der Waals surface area contributed by atoms with E-state index in [2.05, 4.69) is 72.8 Å². The summed E-state index contributed by atoms with van der Waals surface area (Å²) in [6.07, 6.45) is 13.7. The molecule has 0 N–H and O–H groups in total. The largest absolute Gasteiger partial charge is 0.456 e. The fourth-order valence-corrected chi connectivity index (χ4v) is 5.99. The number of fused-ring (bicyclic) bond motifs is 2. The van der Waals surface area contributed by atoms with E-state index in [4.69, 9.17) is 39.4 Å². The van der Waals surface area contributed by atoms with Crippen LogP contribution >= 0.6 is 11.6 Å². The van der Waals surface area contributed by atoms with E-state index in [-0.39, 0.29) is 0 Å². The van der Waals surface area contributed by atoms with Crippen molar-refractivity contribution in [3.05, 3.63) is 172 Å². The molecule has 240 valence electrons. The molecule has 1 aliphatic heterocycles. The molecule has 1 aliphatic carbocycles. The molecule has 0 unspecified atom stereocenters. The Hall–Kier alpha value is -4.79. The lowest BCUT2D eigenvalue weighted by Gasteiger charge is -2.21. The summed E-state index contributed by atoms with van der Waals surface area (Å²) < 4.78 is 46.5. The molecular formula is C40H30Cl2O6. The van der Waals surface area contributed by atoms with Gasteiger partial charge in [-0.1, -0.05) is 115 Å². The molecule has 0 saturated heterocycles. The summed E-state index contributed by atoms with van der Waals surface area (Å²) in [5.74, 6) is 2.56. The molecule has 0 radical (unpaired) electrons. The summed E-state index contributed by atoms with van der Waals surface area (Å²) in [6, 6.07) is 38.9. The molecule has 7 rings (SSSR count). The number of ether oxygens (including phenoxy) is 1. The molecular weight excluding hydrogens is 647 g/mol. The molecule has 8 heteroatoms. The van der Waals surface area contributed by atoms with Crippen molar-refractivity contribution in [1.29, 1.82) is 0 Å². The third-order valence-corrected chi connectivity index (χ3v) is 8.41. The van der Waals surface area contributed by atoms with Crippen LogP contribution in [-0.2, 0) is 0 Å². The maximum atomic E-state index is 8.49. The predicted molar refractivity (Wildman–Crippen MR) is 179 cm³/mol. The van der Waals surface area contributed by atoms with Crippen molar-refractivity contribution in [2.24, 2.45) is 0 Å². The highest BCUT2D eigenvalue weighted by molar-refractivity contribution is 6.32. The van der Waals surface area contributed by atoms with Gasteiger partial charge >= 0.3 is 11.3 Å². The number of halogens is 2. The Morgan fingerprint density at radius 3 is 2.12 bits per heavy atom. The van der Waals surface area contributed by atoms with Crippen LogP contribution in [-0.4, -0.2) is 0 Å². The van der Waals surface area contributed by atoms with Crippen LogP contribution in [0.2, 0.25) is 0 Å². The van der Waals surface area contributed by atoms with E-state index in [9.17, 15) is 0 Å². The number of rotatable bonds is 5. The minimum atomic E-state index is -4.94. The minimum Gasteiger partial charge on any atom is -0.456 e. The van der Waals surface area contributed by atoms with Crippen LogP contribution in [0.15, 0.2) is 160 Å². The van der Waals surface area contributed by atoms with Crippen LogP contribution in [0, 0.1) is 10.2 Å². The third kappa shape index (κ3) is 8.37. The SMILES string of the molecule is ClC1=C(/C=C/c2cccc3[o+]c(-c4ccccc4)ccc23)CCC/C1=C\C=C1/C=C(c2ccccc2)Oc2ccccc21.[O-][Cl+3]([O-])([O-])[O-]. The van der Waals surface area contributed by atoms with Crippen molar-refractivity contribution in [1.82, 2.24) is 0 Å². The minimum absolute atomic E-state index is 0.836. The first-order valence-electron chi connectivity index (χ1n) is 15.3. The summed E-state index contributed by atoms with van der Waals surface area (Å²) in [5, 5.41) is 1.91. The van der Waals surface area contributed by atoms with Crippen LogP contribution in [0.3, 0.4) is 0 Å². The first-order chi connectivity index (χ1) is 23.2. The van der Waals surface area contributed by atoms with Gasteiger partial charge in [0.1, 0.15) is 11.5 Å². The van der Waals surface area contributed by atoms with Crippen LogP contribution < -0.4 is 23.4 Å². The van der Waals surface area contributed by atoms with Crippen molar-refractivity contribution in [2.45, 2.75) is 19.3 Å². The first kappa shape index (κ1) is 33.1. The zero-order valence-corrected chi connectivity index (χ0v) is 27.2. The quantitative estimate of drug-likeness (QED) is 0.190. The van der Waals surface area contributed by atoms with Gasteiger partial charge in [0, 0.05) is 28.3 Å². The van der Waals surface area contributed by atoms with Gasteiger partial charge in [-0.25, -0.2) is 23.1 Å². The fourth-order valence-electron chi connectivity index (χ4n) is 5.68. The number of benzene rings is 4. The number of hydrogen-bond donors (Lipinski definition) is 0. The van der Waals surface area contributed by atoms with Gasteiger partial charge in [0.05, 0.1) is 10.9 Å². The second-order valence-corrected chi connectivity index (χ2v) is 12.2. The van der Waals surface area contributed by atoms with Gasteiger partial charge in [-0.3, -0.25) is 0 Å². The summed E-state index contributed by atoms with van der Waals surface area (Å²) in [6.45, 7) is 0. The van der Waals surface area contributed by atoms with Crippen molar-refractivity contribution in [3.8, 4) is 17.1 Å². The number of hydrogen-bond acceptors (Lipinski definition) is 5. The Labute approximate surface area is 285 Å². The second kappa shape index (κ2) is 15.0. The fraction of sp³-hybridized carbons (Fsp3) is 0.0750. The van der Waals surface area contributed by atoms with E-state index < -0.39 is 10.2 Å². The lowest BCUT2D eigenvalue weighted by molar-refractivity contribution is -2.00. The number of allylic oxidation sites excluding steroid dienone is 8. The zero-order chi connectivity index (χ0) is 33.5. The molecule has 1 aromatic heterocycles. The van der Waals surface area contributed by atoms with E-state index in [0.29, 0.717) is 0 Å². The van der Waals surface area contributed by atoms with Crippen LogP contribution in [0.25, 0.3) is 39.7 Å². The second-order valence-electron chi connectivity index (χ2n) is 11.1. The molecule has 0 atom stereocenters. The molecule has 2 aliphatic rings. The highest BCUT2D eigenvalue weighted by Gasteiger charge is 2.19. The van der Waals surface area contributed by atoms with Gasteiger partial charge in [-0.2, -0.15) is 0 Å². The summed E-state index contributed by atoms with van der Waals surface area (Å²) in [4.78, 5) is 0. The van der Waals surface area contributed by atoms with E-state index >= 15 is 0 Å². The monoisotopic (exact) mass is 676 g/mol. The van der Waals surface area contributed by atoms with Crippen molar-refractivity contribution in [2.75, 3.05) is 0 Å². The highest BCUT2D eigenvalue weighted by atomic mass is 35.7. The van der Waals surface area contributed by atoms with E-state index in [1.54, 1.807) is 0 Å². The van der Waals surface area contributed by atoms with Crippen LogP contribution in [0.1, 0.15) is 36.0 Å². The van der Waals surface area contributed by atoms with Crippen molar-refractivity contribution in [3.63, 3.8) is 0 Å². The predicted octanol–water partition coefficient (Wildman–Crippen LogP) is 6.76. The van der Waals surface area contributed by atoms with Gasteiger partial charge in [0.15, 0.2) is 0 Å². The Kier molecular flexibility index (Phi) is 10.3. The Balaban J connectivity index is 0.000000749. The van der Waals surface area contributed by atoms with Crippen molar-refractivity contribution < 1.29 is 38.0 Å². The molecule has 0 spiro atoms. The van der Waals surface area contributed by atoms with E-state index in [0.717, 1.165) is 91.5 Å². The Morgan fingerprint density at radius 1 is 0.688 bits per heavy atom. The molecule has 6 nitrogen and oxygen atoms in total. The number of para-hydroxylation sites is 1. The lowest BCUT2D eigenvalue weighted by Crippen LogP contribution is -2.68. The van der Waals surface area contributed by atoms with Gasteiger partial charge < -0.3 is 4.74 Å². The van der Waals surface area contributed by atoms with E-state index in [1.807, 2.05) is 72.8 Å². The molecule has 4 aromatic carbocycles. The van der Waals surface area contributed by atoms with Gasteiger partial charge in [0.2, 0.25) is 0 Å². The lowest BCUT2D eigenvalue weighted by atomic mass is 9.92. The molecule has 2 heterocycles. The van der Waals surface area contributed by atoms with Gasteiger partial charge in [-0.15, -0.1) is 10.2 Å².